The fraction of sp³-hybridized carbons (Fsp3) is 0.100. The Kier molecular flexibility index (Phi) is 6.20. The molecule has 0 amide bonds. The van der Waals surface area contributed by atoms with Gasteiger partial charge >= 0.3 is 0 Å². The van der Waals surface area contributed by atoms with E-state index >= 15 is 0 Å². The molecule has 8 rings (SSSR count). The molecule has 2 heteroatoms. The van der Waals surface area contributed by atoms with Crippen LogP contribution in [0.3, 0.4) is 0 Å². The Hall–Kier alpha value is -4.92. The van der Waals surface area contributed by atoms with E-state index in [1.807, 2.05) is 0 Å². The van der Waals surface area contributed by atoms with Gasteiger partial charge in [0.25, 0.3) is 0 Å². The van der Waals surface area contributed by atoms with Gasteiger partial charge in [0.15, 0.2) is 0 Å². The number of hydrogen-bond donors (Lipinski definition) is 2. The van der Waals surface area contributed by atoms with Crippen molar-refractivity contribution in [1.82, 2.24) is 5.32 Å². The zero-order valence-corrected chi connectivity index (χ0v) is 23.4. The molecule has 0 aliphatic heterocycles. The Labute approximate surface area is 247 Å². The SMILES string of the molecule is C1=CCC(NC(C(Nc2ccccc2)=C2c3ccccc3-c3ccccc32)C2c3ccccc3-c3ccccc32)C=C1. The highest BCUT2D eigenvalue weighted by Gasteiger charge is 2.39. The molecule has 2 N–H and O–H groups in total. The average Bonchev–Trinajstić information content (AvgIpc) is 3.57. The van der Waals surface area contributed by atoms with Gasteiger partial charge in [0.05, 0.1) is 6.04 Å². The maximum atomic E-state index is 4.18. The summed E-state index contributed by atoms with van der Waals surface area (Å²) in [6.07, 6.45) is 9.86. The molecule has 42 heavy (non-hydrogen) atoms. The third-order valence-electron chi connectivity index (χ3n) is 8.91. The second kappa shape index (κ2) is 10.5. The summed E-state index contributed by atoms with van der Waals surface area (Å²) in [6, 6.07) is 46.5. The highest BCUT2D eigenvalue weighted by Crippen LogP contribution is 2.51. The molecule has 0 aromatic heterocycles. The summed E-state index contributed by atoms with van der Waals surface area (Å²) in [4.78, 5) is 0. The Bertz CT molecular complexity index is 1780. The first-order valence-electron chi connectivity index (χ1n) is 14.9. The fourth-order valence-electron chi connectivity index (χ4n) is 7.11. The lowest BCUT2D eigenvalue weighted by Crippen LogP contribution is -2.44. The minimum atomic E-state index is -0.0228. The lowest BCUT2D eigenvalue weighted by atomic mass is 9.83. The molecule has 0 bridgehead atoms. The molecule has 0 fully saturated rings. The van der Waals surface area contributed by atoms with Crippen LogP contribution in [0.15, 0.2) is 157 Å². The molecule has 0 heterocycles. The van der Waals surface area contributed by atoms with E-state index in [2.05, 4.69) is 162 Å². The Morgan fingerprint density at radius 1 is 0.548 bits per heavy atom. The van der Waals surface area contributed by atoms with E-state index in [9.17, 15) is 0 Å². The third-order valence-corrected chi connectivity index (χ3v) is 8.91. The van der Waals surface area contributed by atoms with Crippen molar-refractivity contribution in [2.75, 3.05) is 5.32 Å². The predicted octanol–water partition coefficient (Wildman–Crippen LogP) is 9.19. The molecule has 3 aliphatic carbocycles. The van der Waals surface area contributed by atoms with Crippen LogP contribution in [0.25, 0.3) is 27.8 Å². The van der Waals surface area contributed by atoms with Crippen LogP contribution in [0.1, 0.15) is 34.6 Å². The summed E-state index contributed by atoms with van der Waals surface area (Å²) in [5, 5.41) is 8.19. The fourth-order valence-corrected chi connectivity index (χ4v) is 7.11. The molecular weight excluding hydrogens is 508 g/mol. The molecule has 202 valence electrons. The summed E-state index contributed by atoms with van der Waals surface area (Å²) >= 11 is 0. The van der Waals surface area contributed by atoms with Crippen LogP contribution in [-0.2, 0) is 0 Å². The van der Waals surface area contributed by atoms with Crippen molar-refractivity contribution in [3.05, 3.63) is 180 Å². The van der Waals surface area contributed by atoms with E-state index in [-0.39, 0.29) is 18.0 Å². The molecule has 2 nitrogen and oxygen atoms in total. The van der Waals surface area contributed by atoms with Crippen molar-refractivity contribution in [3.8, 4) is 22.3 Å². The zero-order valence-electron chi connectivity index (χ0n) is 23.4. The number of rotatable bonds is 6. The molecule has 2 unspecified atom stereocenters. The van der Waals surface area contributed by atoms with E-state index in [1.54, 1.807) is 0 Å². The van der Waals surface area contributed by atoms with Crippen LogP contribution in [0.5, 0.6) is 0 Å². The van der Waals surface area contributed by atoms with Crippen LogP contribution >= 0.6 is 0 Å². The molecular formula is C40H32N2. The molecule has 5 aromatic rings. The van der Waals surface area contributed by atoms with Crippen LogP contribution < -0.4 is 10.6 Å². The van der Waals surface area contributed by atoms with E-state index in [0.717, 1.165) is 12.1 Å². The molecule has 0 saturated carbocycles. The standard InChI is InChI=1S/C40H32N2/c1-3-15-27(16-4-1)41-39(37-33-23-11-7-19-29(33)30-20-8-12-24-34(30)37)40(42-28-17-5-2-6-18-28)38-35-25-13-9-21-31(35)32-22-10-14-26-36(32)38/h1-17,19-26,28,38,40-42H,18H2. The second-order valence-corrected chi connectivity index (χ2v) is 11.3. The zero-order chi connectivity index (χ0) is 27.9. The number of para-hydroxylation sites is 1. The van der Waals surface area contributed by atoms with Crippen molar-refractivity contribution in [1.29, 1.82) is 0 Å². The van der Waals surface area contributed by atoms with Crippen LogP contribution in [0, 0.1) is 0 Å². The van der Waals surface area contributed by atoms with Crippen molar-refractivity contribution < 1.29 is 0 Å². The van der Waals surface area contributed by atoms with Crippen molar-refractivity contribution in [2.45, 2.75) is 24.4 Å². The Morgan fingerprint density at radius 3 is 1.64 bits per heavy atom. The summed E-state index contributed by atoms with van der Waals surface area (Å²) in [7, 11) is 0. The third kappa shape index (κ3) is 4.15. The Balaban J connectivity index is 1.41. The van der Waals surface area contributed by atoms with E-state index in [4.69, 9.17) is 0 Å². The molecule has 0 saturated heterocycles. The largest absolute Gasteiger partial charge is 0.357 e. The van der Waals surface area contributed by atoms with Gasteiger partial charge in [0, 0.05) is 28.9 Å². The summed E-state index contributed by atoms with van der Waals surface area (Å²) in [5.41, 5.74) is 14.1. The lowest BCUT2D eigenvalue weighted by Gasteiger charge is -2.34. The van der Waals surface area contributed by atoms with Gasteiger partial charge in [0.1, 0.15) is 0 Å². The minimum absolute atomic E-state index is 0.0228. The van der Waals surface area contributed by atoms with Gasteiger partial charge in [-0.25, -0.2) is 0 Å². The van der Waals surface area contributed by atoms with Crippen molar-refractivity contribution >= 4 is 11.3 Å². The monoisotopic (exact) mass is 540 g/mol. The predicted molar refractivity (Wildman–Crippen MR) is 175 cm³/mol. The minimum Gasteiger partial charge on any atom is -0.357 e. The number of allylic oxidation sites excluding steroid dienone is 2. The maximum absolute atomic E-state index is 4.18. The first-order chi connectivity index (χ1) is 20.9. The molecule has 3 aliphatic rings. The second-order valence-electron chi connectivity index (χ2n) is 11.3. The molecule has 5 aromatic carbocycles. The molecule has 0 radical (unpaired) electrons. The molecule has 0 spiro atoms. The highest BCUT2D eigenvalue weighted by molar-refractivity contribution is 6.03. The number of nitrogens with one attached hydrogen (secondary N) is 2. The number of benzene rings is 5. The van der Waals surface area contributed by atoms with Crippen LogP contribution in [0.4, 0.5) is 5.69 Å². The van der Waals surface area contributed by atoms with Gasteiger partial charge < -0.3 is 10.6 Å². The van der Waals surface area contributed by atoms with Crippen LogP contribution in [-0.4, -0.2) is 12.1 Å². The van der Waals surface area contributed by atoms with Gasteiger partial charge in [0.2, 0.25) is 0 Å². The van der Waals surface area contributed by atoms with Gasteiger partial charge in [-0.2, -0.15) is 0 Å². The van der Waals surface area contributed by atoms with Gasteiger partial charge in [-0.15, -0.1) is 0 Å². The smallest absolute Gasteiger partial charge is 0.0595 e. The molecule has 2 atom stereocenters. The van der Waals surface area contributed by atoms with E-state index in [1.165, 1.54) is 55.8 Å². The number of fused-ring (bicyclic) bond motifs is 6. The normalized spacial score (nSPS) is 16.9. The van der Waals surface area contributed by atoms with Gasteiger partial charge in [-0.3, -0.25) is 0 Å². The lowest BCUT2D eigenvalue weighted by molar-refractivity contribution is 0.481. The first-order valence-corrected chi connectivity index (χ1v) is 14.9. The topological polar surface area (TPSA) is 24.1 Å². The summed E-state index contributed by atoms with van der Waals surface area (Å²) in [6.45, 7) is 0. The summed E-state index contributed by atoms with van der Waals surface area (Å²) < 4.78 is 0. The van der Waals surface area contributed by atoms with E-state index < -0.39 is 0 Å². The van der Waals surface area contributed by atoms with Crippen molar-refractivity contribution in [2.24, 2.45) is 0 Å². The Morgan fingerprint density at radius 2 is 1.07 bits per heavy atom. The van der Waals surface area contributed by atoms with E-state index in [0.29, 0.717) is 0 Å². The van der Waals surface area contributed by atoms with Gasteiger partial charge in [-0.05, 0) is 63.1 Å². The number of anilines is 1. The van der Waals surface area contributed by atoms with Crippen LogP contribution in [0.2, 0.25) is 0 Å². The van der Waals surface area contributed by atoms with Gasteiger partial charge in [-0.1, -0.05) is 140 Å². The highest BCUT2D eigenvalue weighted by atomic mass is 15.0. The quantitative estimate of drug-likeness (QED) is 0.220. The van der Waals surface area contributed by atoms with Crippen molar-refractivity contribution in [3.63, 3.8) is 0 Å². The maximum Gasteiger partial charge on any atom is 0.0595 e. The average molecular weight is 541 g/mol. The first kappa shape index (κ1) is 24.8. The summed E-state index contributed by atoms with van der Waals surface area (Å²) in [5.74, 6) is 0.135. The number of hydrogen-bond acceptors (Lipinski definition) is 2.